The van der Waals surface area contributed by atoms with Crippen LogP contribution >= 0.6 is 0 Å². The first-order valence-electron chi connectivity index (χ1n) is 7.92. The highest BCUT2D eigenvalue weighted by Gasteiger charge is 2.21. The monoisotopic (exact) mass is 274 g/mol. The fraction of sp³-hybridized carbons (Fsp3) is 0.667. The van der Waals surface area contributed by atoms with Crippen molar-refractivity contribution in [3.8, 4) is 0 Å². The third-order valence-corrected chi connectivity index (χ3v) is 4.61. The molecule has 2 heteroatoms. The molecule has 2 rings (SSSR count). The fourth-order valence-electron chi connectivity index (χ4n) is 2.94. The van der Waals surface area contributed by atoms with Gasteiger partial charge in [0.2, 0.25) is 0 Å². The lowest BCUT2D eigenvalue weighted by molar-refractivity contribution is 0.293. The fourth-order valence-corrected chi connectivity index (χ4v) is 2.94. The Hall–Kier alpha value is -0.860. The van der Waals surface area contributed by atoms with Crippen LogP contribution in [-0.2, 0) is 5.41 Å². The molecule has 0 bridgehead atoms. The van der Waals surface area contributed by atoms with E-state index in [9.17, 15) is 0 Å². The summed E-state index contributed by atoms with van der Waals surface area (Å²) in [6.07, 6.45) is 2.68. The zero-order valence-electron chi connectivity index (χ0n) is 13.7. The van der Waals surface area contributed by atoms with E-state index in [-0.39, 0.29) is 5.41 Å². The second kappa shape index (κ2) is 6.28. The van der Waals surface area contributed by atoms with Gasteiger partial charge in [-0.15, -0.1) is 0 Å². The molecule has 1 aliphatic heterocycles. The Morgan fingerprint density at radius 3 is 2.40 bits per heavy atom. The van der Waals surface area contributed by atoms with Gasteiger partial charge >= 0.3 is 0 Å². The van der Waals surface area contributed by atoms with E-state index < -0.39 is 0 Å². The van der Waals surface area contributed by atoms with E-state index in [4.69, 9.17) is 0 Å². The van der Waals surface area contributed by atoms with E-state index in [0.717, 1.165) is 6.54 Å². The van der Waals surface area contributed by atoms with Gasteiger partial charge in [0.15, 0.2) is 0 Å². The molecule has 1 aromatic rings. The molecule has 1 aromatic carbocycles. The van der Waals surface area contributed by atoms with E-state index >= 15 is 0 Å². The Balaban J connectivity index is 1.90. The van der Waals surface area contributed by atoms with Crippen LogP contribution < -0.4 is 5.32 Å². The molecule has 0 amide bonds. The SMILES string of the molecule is CC(NCC1CCCN1C)c1ccc(C(C)(C)C)cc1. The molecule has 1 fully saturated rings. The van der Waals surface area contributed by atoms with Crippen LogP contribution in [0.25, 0.3) is 0 Å². The molecule has 1 N–H and O–H groups in total. The van der Waals surface area contributed by atoms with Crippen LogP contribution in [-0.4, -0.2) is 31.1 Å². The molecule has 2 nitrogen and oxygen atoms in total. The first-order chi connectivity index (χ1) is 9.38. The summed E-state index contributed by atoms with van der Waals surface area (Å²) in [5.41, 5.74) is 3.03. The molecule has 1 saturated heterocycles. The van der Waals surface area contributed by atoms with Crippen molar-refractivity contribution in [1.82, 2.24) is 10.2 Å². The van der Waals surface area contributed by atoms with Gasteiger partial charge in [-0.05, 0) is 49.9 Å². The van der Waals surface area contributed by atoms with E-state index in [1.165, 1.54) is 30.5 Å². The summed E-state index contributed by atoms with van der Waals surface area (Å²) in [6, 6.07) is 10.2. The van der Waals surface area contributed by atoms with Crippen molar-refractivity contribution in [2.75, 3.05) is 20.1 Å². The second-order valence-electron chi connectivity index (χ2n) is 7.28. The van der Waals surface area contributed by atoms with Crippen molar-refractivity contribution < 1.29 is 0 Å². The highest BCUT2D eigenvalue weighted by molar-refractivity contribution is 5.29. The summed E-state index contributed by atoms with van der Waals surface area (Å²) in [5, 5.41) is 3.69. The van der Waals surface area contributed by atoms with Crippen LogP contribution in [0.5, 0.6) is 0 Å². The summed E-state index contributed by atoms with van der Waals surface area (Å²) >= 11 is 0. The van der Waals surface area contributed by atoms with E-state index in [1.54, 1.807) is 0 Å². The average Bonchev–Trinajstić information content (AvgIpc) is 2.81. The van der Waals surface area contributed by atoms with Crippen molar-refractivity contribution in [2.24, 2.45) is 0 Å². The Labute approximate surface area is 124 Å². The number of likely N-dealkylation sites (N-methyl/N-ethyl adjacent to an activating group) is 1. The maximum atomic E-state index is 3.69. The van der Waals surface area contributed by atoms with Crippen LogP contribution in [0.4, 0.5) is 0 Å². The Morgan fingerprint density at radius 2 is 1.90 bits per heavy atom. The third-order valence-electron chi connectivity index (χ3n) is 4.61. The summed E-state index contributed by atoms with van der Waals surface area (Å²) in [6.45, 7) is 11.4. The lowest BCUT2D eigenvalue weighted by atomic mass is 9.86. The average molecular weight is 274 g/mol. The van der Waals surface area contributed by atoms with E-state index in [2.05, 4.69) is 69.2 Å². The maximum Gasteiger partial charge on any atom is 0.0292 e. The minimum Gasteiger partial charge on any atom is -0.309 e. The standard InChI is InChI=1S/C18H30N2/c1-14(19-13-17-7-6-12-20(17)5)15-8-10-16(11-9-15)18(2,3)4/h8-11,14,17,19H,6-7,12-13H2,1-5H3. The summed E-state index contributed by atoms with van der Waals surface area (Å²) in [5.74, 6) is 0. The minimum atomic E-state index is 0.238. The lowest BCUT2D eigenvalue weighted by Crippen LogP contribution is -2.36. The molecule has 112 valence electrons. The first kappa shape index (κ1) is 15.5. The van der Waals surface area contributed by atoms with Crippen molar-refractivity contribution >= 4 is 0 Å². The van der Waals surface area contributed by atoms with Crippen molar-refractivity contribution in [3.05, 3.63) is 35.4 Å². The molecular formula is C18H30N2. The normalized spacial score (nSPS) is 22.1. The van der Waals surface area contributed by atoms with Gasteiger partial charge in [-0.2, -0.15) is 0 Å². The Kier molecular flexibility index (Phi) is 4.87. The van der Waals surface area contributed by atoms with Crippen LogP contribution in [0.2, 0.25) is 0 Å². The van der Waals surface area contributed by atoms with Crippen molar-refractivity contribution in [3.63, 3.8) is 0 Å². The van der Waals surface area contributed by atoms with E-state index in [1.807, 2.05) is 0 Å². The highest BCUT2D eigenvalue weighted by atomic mass is 15.2. The number of hydrogen-bond donors (Lipinski definition) is 1. The zero-order valence-corrected chi connectivity index (χ0v) is 13.7. The molecule has 0 saturated carbocycles. The number of hydrogen-bond acceptors (Lipinski definition) is 2. The van der Waals surface area contributed by atoms with Crippen LogP contribution in [0.1, 0.15) is 57.7 Å². The molecule has 0 aliphatic carbocycles. The molecule has 2 unspecified atom stereocenters. The van der Waals surface area contributed by atoms with Gasteiger partial charge in [0.25, 0.3) is 0 Å². The molecule has 0 radical (unpaired) electrons. The number of nitrogens with zero attached hydrogens (tertiary/aromatic N) is 1. The summed E-state index contributed by atoms with van der Waals surface area (Å²) < 4.78 is 0. The molecule has 1 aliphatic rings. The van der Waals surface area contributed by atoms with Crippen molar-refractivity contribution in [2.45, 2.75) is 58.0 Å². The van der Waals surface area contributed by atoms with Gasteiger partial charge < -0.3 is 10.2 Å². The Morgan fingerprint density at radius 1 is 1.25 bits per heavy atom. The number of nitrogens with one attached hydrogen (secondary N) is 1. The smallest absolute Gasteiger partial charge is 0.0292 e. The minimum absolute atomic E-state index is 0.238. The predicted octanol–water partition coefficient (Wildman–Crippen LogP) is 3.73. The predicted molar refractivity (Wildman–Crippen MR) is 87.2 cm³/mol. The van der Waals surface area contributed by atoms with Gasteiger partial charge in [-0.25, -0.2) is 0 Å². The second-order valence-corrected chi connectivity index (χ2v) is 7.28. The Bertz CT molecular complexity index is 416. The highest BCUT2D eigenvalue weighted by Crippen LogP contribution is 2.24. The van der Waals surface area contributed by atoms with Gasteiger partial charge in [0, 0.05) is 18.6 Å². The quantitative estimate of drug-likeness (QED) is 0.900. The number of rotatable bonds is 4. The summed E-state index contributed by atoms with van der Waals surface area (Å²) in [7, 11) is 2.24. The maximum absolute atomic E-state index is 3.69. The van der Waals surface area contributed by atoms with Crippen LogP contribution in [0.15, 0.2) is 24.3 Å². The molecule has 0 aromatic heterocycles. The number of likely N-dealkylation sites (tertiary alicyclic amines) is 1. The molecule has 20 heavy (non-hydrogen) atoms. The van der Waals surface area contributed by atoms with Gasteiger partial charge in [0.05, 0.1) is 0 Å². The number of benzene rings is 1. The summed E-state index contributed by atoms with van der Waals surface area (Å²) in [4.78, 5) is 2.47. The topological polar surface area (TPSA) is 15.3 Å². The zero-order chi connectivity index (χ0) is 14.8. The van der Waals surface area contributed by atoms with Gasteiger partial charge in [0.1, 0.15) is 0 Å². The first-order valence-corrected chi connectivity index (χ1v) is 7.92. The van der Waals surface area contributed by atoms with Crippen LogP contribution in [0, 0.1) is 0 Å². The van der Waals surface area contributed by atoms with Gasteiger partial charge in [-0.3, -0.25) is 0 Å². The lowest BCUT2D eigenvalue weighted by Gasteiger charge is -2.24. The largest absolute Gasteiger partial charge is 0.309 e. The van der Waals surface area contributed by atoms with Gasteiger partial charge in [-0.1, -0.05) is 45.0 Å². The molecule has 0 spiro atoms. The van der Waals surface area contributed by atoms with Crippen LogP contribution in [0.3, 0.4) is 0 Å². The van der Waals surface area contributed by atoms with Crippen molar-refractivity contribution in [1.29, 1.82) is 0 Å². The van der Waals surface area contributed by atoms with E-state index in [0.29, 0.717) is 12.1 Å². The third kappa shape index (κ3) is 3.83. The molecule has 2 atom stereocenters. The molecule has 1 heterocycles. The molecular weight excluding hydrogens is 244 g/mol.